The highest BCUT2D eigenvalue weighted by molar-refractivity contribution is 7.89. The lowest BCUT2D eigenvalue weighted by Gasteiger charge is -2.22. The second-order valence-electron chi connectivity index (χ2n) is 5.08. The molecule has 1 aliphatic rings. The van der Waals surface area contributed by atoms with E-state index in [0.717, 1.165) is 4.31 Å². The lowest BCUT2D eigenvalue weighted by Crippen LogP contribution is -2.40. The molecule has 22 heavy (non-hydrogen) atoms. The smallest absolute Gasteiger partial charge is 0.337 e. The molecule has 0 aliphatic carbocycles. The summed E-state index contributed by atoms with van der Waals surface area (Å²) in [7, 11) is -2.67. The molecule has 1 aromatic carbocycles. The molecule has 0 saturated carbocycles. The van der Waals surface area contributed by atoms with Crippen LogP contribution in [0.5, 0.6) is 0 Å². The number of benzene rings is 1. The zero-order valence-electron chi connectivity index (χ0n) is 12.3. The van der Waals surface area contributed by atoms with Gasteiger partial charge in [0.25, 0.3) is 0 Å². The Hall–Kier alpha value is -1.93. The summed E-state index contributed by atoms with van der Waals surface area (Å²) in [6, 6.07) is 3.06. The number of methoxy groups -OCH3 is 1. The molecule has 1 aliphatic heterocycles. The molecule has 0 bridgehead atoms. The average Bonchev–Trinajstić information content (AvgIpc) is 2.96. The van der Waals surface area contributed by atoms with Gasteiger partial charge in [0.2, 0.25) is 10.0 Å². The van der Waals surface area contributed by atoms with Crippen LogP contribution >= 0.6 is 0 Å². The average molecular weight is 327 g/mol. The number of nitrogens with zero attached hydrogens (tertiary/aromatic N) is 1. The normalized spacial score (nSPS) is 19.1. The van der Waals surface area contributed by atoms with Crippen molar-refractivity contribution in [3.05, 3.63) is 29.3 Å². The van der Waals surface area contributed by atoms with Gasteiger partial charge in [-0.1, -0.05) is 0 Å². The second-order valence-corrected chi connectivity index (χ2v) is 6.94. The first-order valence-electron chi connectivity index (χ1n) is 6.72. The Morgan fingerprint density at radius 2 is 2.05 bits per heavy atom. The third-order valence-electron chi connectivity index (χ3n) is 3.67. The fraction of sp³-hybridized carbons (Fsp3) is 0.429. The van der Waals surface area contributed by atoms with E-state index in [1.807, 2.05) is 0 Å². The maximum Gasteiger partial charge on any atom is 0.337 e. The van der Waals surface area contributed by atoms with E-state index in [2.05, 4.69) is 4.74 Å². The van der Waals surface area contributed by atoms with Crippen LogP contribution in [0.2, 0.25) is 0 Å². The summed E-state index contributed by atoms with van der Waals surface area (Å²) in [5.74, 6) is -1.71. The van der Waals surface area contributed by atoms with Crippen LogP contribution in [-0.2, 0) is 19.6 Å². The van der Waals surface area contributed by atoms with E-state index in [0.29, 0.717) is 18.4 Å². The van der Waals surface area contributed by atoms with Gasteiger partial charge in [0.05, 0.1) is 17.6 Å². The van der Waals surface area contributed by atoms with Crippen LogP contribution < -0.4 is 0 Å². The first-order valence-corrected chi connectivity index (χ1v) is 8.16. The van der Waals surface area contributed by atoms with E-state index in [4.69, 9.17) is 5.11 Å². The summed E-state index contributed by atoms with van der Waals surface area (Å²) in [5, 5.41) is 9.14. The molecular weight excluding hydrogens is 310 g/mol. The number of hydrogen-bond donors (Lipinski definition) is 1. The molecule has 1 heterocycles. The number of hydrogen-bond acceptors (Lipinski definition) is 5. The van der Waals surface area contributed by atoms with Crippen LogP contribution in [0.25, 0.3) is 0 Å². The quantitative estimate of drug-likeness (QED) is 0.829. The summed E-state index contributed by atoms with van der Waals surface area (Å²) in [4.78, 5) is 22.7. The minimum atomic E-state index is -3.91. The Bertz CT molecular complexity index is 712. The number of carboxylic acids is 1. The monoisotopic (exact) mass is 327 g/mol. The first-order chi connectivity index (χ1) is 10.3. The minimum absolute atomic E-state index is 0.00769. The van der Waals surface area contributed by atoms with Crippen LogP contribution in [0.4, 0.5) is 0 Å². The van der Waals surface area contributed by atoms with Crippen LogP contribution in [0.3, 0.4) is 0 Å². The second kappa shape index (κ2) is 6.05. The highest BCUT2D eigenvalue weighted by Gasteiger charge is 2.40. The third-order valence-corrected chi connectivity index (χ3v) is 5.74. The lowest BCUT2D eigenvalue weighted by atomic mass is 10.1. The molecule has 0 radical (unpaired) electrons. The van der Waals surface area contributed by atoms with Gasteiger partial charge in [0.1, 0.15) is 6.04 Å². The van der Waals surface area contributed by atoms with Gasteiger partial charge < -0.3 is 9.84 Å². The predicted molar refractivity (Wildman–Crippen MR) is 77.1 cm³/mol. The van der Waals surface area contributed by atoms with E-state index in [1.165, 1.54) is 25.3 Å². The lowest BCUT2D eigenvalue weighted by molar-refractivity contribution is -0.140. The van der Waals surface area contributed by atoms with Gasteiger partial charge in [-0.05, 0) is 43.5 Å². The molecule has 1 fully saturated rings. The van der Waals surface area contributed by atoms with Gasteiger partial charge in [-0.15, -0.1) is 0 Å². The highest BCUT2D eigenvalue weighted by atomic mass is 32.2. The van der Waals surface area contributed by atoms with Crippen molar-refractivity contribution in [3.8, 4) is 0 Å². The van der Waals surface area contributed by atoms with Gasteiger partial charge in [-0.25, -0.2) is 13.2 Å². The van der Waals surface area contributed by atoms with E-state index in [9.17, 15) is 18.0 Å². The maximum absolute atomic E-state index is 12.7. The number of sulfonamides is 1. The Morgan fingerprint density at radius 3 is 2.59 bits per heavy atom. The molecule has 2 rings (SSSR count). The van der Waals surface area contributed by atoms with Crippen molar-refractivity contribution in [1.29, 1.82) is 0 Å². The van der Waals surface area contributed by atoms with E-state index >= 15 is 0 Å². The predicted octanol–water partition coefficient (Wildman–Crippen LogP) is 1.02. The summed E-state index contributed by atoms with van der Waals surface area (Å²) in [6.07, 6.45) is 0.809. The fourth-order valence-electron chi connectivity index (χ4n) is 2.58. The molecule has 0 spiro atoms. The van der Waals surface area contributed by atoms with Crippen molar-refractivity contribution in [2.75, 3.05) is 13.7 Å². The van der Waals surface area contributed by atoms with Crippen LogP contribution in [-0.4, -0.2) is 49.5 Å². The molecule has 1 saturated heterocycles. The van der Waals surface area contributed by atoms with Gasteiger partial charge in [-0.3, -0.25) is 4.79 Å². The summed E-state index contributed by atoms with van der Waals surface area (Å²) in [5.41, 5.74) is 0.620. The molecule has 0 aromatic heterocycles. The largest absolute Gasteiger partial charge is 0.480 e. The SMILES string of the molecule is COC(=O)c1ccc(S(=O)(=O)N2CCCC2C(=O)O)c(C)c1. The fourth-order valence-corrected chi connectivity index (χ4v) is 4.44. The number of aryl methyl sites for hydroxylation is 1. The van der Waals surface area contributed by atoms with Crippen LogP contribution in [0.15, 0.2) is 23.1 Å². The molecule has 1 atom stereocenters. The number of carbonyl (C=O) groups is 2. The summed E-state index contributed by atoms with van der Waals surface area (Å²) >= 11 is 0. The Kier molecular flexibility index (Phi) is 4.52. The van der Waals surface area contributed by atoms with Gasteiger partial charge in [0.15, 0.2) is 0 Å². The van der Waals surface area contributed by atoms with Crippen LogP contribution in [0, 0.1) is 6.92 Å². The minimum Gasteiger partial charge on any atom is -0.480 e. The summed E-state index contributed by atoms with van der Waals surface area (Å²) in [6.45, 7) is 1.74. The van der Waals surface area contributed by atoms with E-state index in [1.54, 1.807) is 6.92 Å². The Morgan fingerprint density at radius 1 is 1.36 bits per heavy atom. The molecule has 8 heteroatoms. The van der Waals surface area contributed by atoms with E-state index < -0.39 is 28.0 Å². The topological polar surface area (TPSA) is 101 Å². The van der Waals surface area contributed by atoms with Crippen molar-refractivity contribution in [3.63, 3.8) is 0 Å². The van der Waals surface area contributed by atoms with Gasteiger partial charge in [-0.2, -0.15) is 4.31 Å². The van der Waals surface area contributed by atoms with Crippen molar-refractivity contribution >= 4 is 22.0 Å². The van der Waals surface area contributed by atoms with Crippen molar-refractivity contribution in [2.45, 2.75) is 30.7 Å². The number of esters is 1. The van der Waals surface area contributed by atoms with Crippen molar-refractivity contribution < 1.29 is 27.9 Å². The third kappa shape index (κ3) is 2.84. The van der Waals surface area contributed by atoms with Gasteiger partial charge in [0, 0.05) is 6.54 Å². The molecule has 0 amide bonds. The molecule has 7 nitrogen and oxygen atoms in total. The maximum atomic E-state index is 12.7. The summed E-state index contributed by atoms with van der Waals surface area (Å²) < 4.78 is 30.9. The standard InChI is InChI=1S/C14H17NO6S/c1-9-8-10(14(18)21-2)5-6-12(9)22(19,20)15-7-3-4-11(15)13(16)17/h5-6,8,11H,3-4,7H2,1-2H3,(H,16,17). The number of rotatable bonds is 4. The zero-order chi connectivity index (χ0) is 16.5. The molecule has 1 aromatic rings. The number of ether oxygens (including phenoxy) is 1. The van der Waals surface area contributed by atoms with Crippen molar-refractivity contribution in [1.82, 2.24) is 4.31 Å². The van der Waals surface area contributed by atoms with Gasteiger partial charge >= 0.3 is 11.9 Å². The number of aliphatic carboxylic acids is 1. The zero-order valence-corrected chi connectivity index (χ0v) is 13.1. The van der Waals surface area contributed by atoms with Crippen LogP contribution in [0.1, 0.15) is 28.8 Å². The molecule has 1 N–H and O–H groups in total. The first kappa shape index (κ1) is 16.4. The molecular formula is C14H17NO6S. The Balaban J connectivity index is 2.42. The number of carbonyl (C=O) groups excluding carboxylic acids is 1. The molecule has 1 unspecified atom stereocenters. The Labute approximate surface area is 128 Å². The number of carboxylic acid groups (broad SMARTS) is 1. The highest BCUT2D eigenvalue weighted by Crippen LogP contribution is 2.28. The van der Waals surface area contributed by atoms with E-state index in [-0.39, 0.29) is 17.0 Å². The molecule has 120 valence electrons. The van der Waals surface area contributed by atoms with Crippen molar-refractivity contribution in [2.24, 2.45) is 0 Å².